The van der Waals surface area contributed by atoms with E-state index in [1.54, 1.807) is 0 Å². The van der Waals surface area contributed by atoms with Crippen molar-refractivity contribution in [3.8, 4) is 0 Å². The number of carbonyl (C=O) groups excluding carboxylic acids is 1. The number of rotatable bonds is 6. The summed E-state index contributed by atoms with van der Waals surface area (Å²) < 4.78 is 0. The van der Waals surface area contributed by atoms with E-state index in [1.807, 2.05) is 0 Å². The monoisotopic (exact) mass is 253 g/mol. The Kier molecular flexibility index (Phi) is 6.17. The molecule has 4 atom stereocenters. The average molecular weight is 253 g/mol. The van der Waals surface area contributed by atoms with E-state index in [1.165, 1.54) is 12.8 Å². The summed E-state index contributed by atoms with van der Waals surface area (Å²) in [5.74, 6) is 1.18. The van der Waals surface area contributed by atoms with E-state index in [9.17, 15) is 4.79 Å². The summed E-state index contributed by atoms with van der Waals surface area (Å²) in [6, 6.07) is 1.00. The van der Waals surface area contributed by atoms with E-state index in [0.717, 1.165) is 25.7 Å². The fourth-order valence-corrected chi connectivity index (χ4v) is 3.42. The lowest BCUT2D eigenvalue weighted by Gasteiger charge is -2.34. The summed E-state index contributed by atoms with van der Waals surface area (Å²) >= 11 is 0. The molecule has 1 aliphatic rings. The first-order chi connectivity index (χ1) is 8.60. The zero-order valence-electron chi connectivity index (χ0n) is 12.9. The maximum absolute atomic E-state index is 12.8. The Bertz CT molecular complexity index is 252. The molecule has 18 heavy (non-hydrogen) atoms. The summed E-state index contributed by atoms with van der Waals surface area (Å²) in [5, 5.41) is 0. The van der Waals surface area contributed by atoms with E-state index < -0.39 is 0 Å². The van der Waals surface area contributed by atoms with E-state index in [2.05, 4.69) is 39.5 Å². The molecule has 0 aromatic carbocycles. The Morgan fingerprint density at radius 2 is 1.56 bits per heavy atom. The Hall–Kier alpha value is -0.530. The van der Waals surface area contributed by atoms with Gasteiger partial charge in [0.05, 0.1) is 0 Å². The molecule has 0 radical (unpaired) electrons. The quantitative estimate of drug-likeness (QED) is 0.693. The zero-order chi connectivity index (χ0) is 13.7. The number of hydrogen-bond donors (Lipinski definition) is 0. The SMILES string of the molecule is CCC(C)C(CC)C(=O)N1C(CC)CC[C@H]1CC. The Morgan fingerprint density at radius 3 is 1.89 bits per heavy atom. The molecule has 1 saturated heterocycles. The van der Waals surface area contributed by atoms with Gasteiger partial charge in [-0.2, -0.15) is 0 Å². The van der Waals surface area contributed by atoms with Gasteiger partial charge in [0.15, 0.2) is 0 Å². The number of nitrogens with zero attached hydrogens (tertiary/aromatic N) is 1. The van der Waals surface area contributed by atoms with Crippen molar-refractivity contribution in [1.29, 1.82) is 0 Å². The molecule has 0 bridgehead atoms. The third-order valence-corrected chi connectivity index (χ3v) is 4.90. The lowest BCUT2D eigenvalue weighted by Crippen LogP contribution is -2.45. The molecule has 1 amide bonds. The molecule has 1 heterocycles. The molecule has 0 saturated carbocycles. The first kappa shape index (κ1) is 15.5. The van der Waals surface area contributed by atoms with Crippen LogP contribution in [-0.4, -0.2) is 22.9 Å². The van der Waals surface area contributed by atoms with Gasteiger partial charge in [-0.3, -0.25) is 4.79 Å². The maximum Gasteiger partial charge on any atom is 0.226 e. The fourth-order valence-electron chi connectivity index (χ4n) is 3.42. The Balaban J connectivity index is 2.83. The van der Waals surface area contributed by atoms with Crippen LogP contribution in [0.4, 0.5) is 0 Å². The van der Waals surface area contributed by atoms with Crippen molar-refractivity contribution in [2.75, 3.05) is 0 Å². The van der Waals surface area contributed by atoms with Crippen molar-refractivity contribution >= 4 is 5.91 Å². The van der Waals surface area contributed by atoms with Crippen LogP contribution in [0.2, 0.25) is 0 Å². The second kappa shape index (κ2) is 7.16. The number of likely N-dealkylation sites (tertiary alicyclic amines) is 1. The standard InChI is InChI=1S/C16H31NO/c1-6-12(5)15(9-4)16(18)17-13(7-2)10-11-14(17)8-3/h12-15H,6-11H2,1-5H3/t12?,13-,14?,15?/m1/s1. The summed E-state index contributed by atoms with van der Waals surface area (Å²) in [5.41, 5.74) is 0. The van der Waals surface area contributed by atoms with Crippen LogP contribution < -0.4 is 0 Å². The average Bonchev–Trinajstić information content (AvgIpc) is 2.81. The lowest BCUT2D eigenvalue weighted by atomic mass is 9.87. The highest BCUT2D eigenvalue weighted by atomic mass is 16.2. The van der Waals surface area contributed by atoms with Gasteiger partial charge in [-0.1, -0.05) is 41.0 Å². The maximum atomic E-state index is 12.8. The van der Waals surface area contributed by atoms with E-state index in [0.29, 0.717) is 23.9 Å². The summed E-state index contributed by atoms with van der Waals surface area (Å²) in [6.07, 6.45) is 6.72. The van der Waals surface area contributed by atoms with Crippen LogP contribution in [-0.2, 0) is 4.79 Å². The molecule has 1 fully saturated rings. The van der Waals surface area contributed by atoms with Crippen LogP contribution >= 0.6 is 0 Å². The molecule has 1 aliphatic heterocycles. The van der Waals surface area contributed by atoms with Crippen molar-refractivity contribution in [2.24, 2.45) is 11.8 Å². The smallest absolute Gasteiger partial charge is 0.226 e. The molecule has 0 aromatic heterocycles. The van der Waals surface area contributed by atoms with Crippen LogP contribution in [0.3, 0.4) is 0 Å². The van der Waals surface area contributed by atoms with Gasteiger partial charge < -0.3 is 4.90 Å². The highest BCUT2D eigenvalue weighted by Crippen LogP contribution is 2.32. The van der Waals surface area contributed by atoms with Gasteiger partial charge in [-0.25, -0.2) is 0 Å². The topological polar surface area (TPSA) is 20.3 Å². The third-order valence-electron chi connectivity index (χ3n) is 4.90. The third kappa shape index (κ3) is 3.07. The Morgan fingerprint density at radius 1 is 1.06 bits per heavy atom. The Labute approximate surface area is 113 Å². The molecule has 3 unspecified atom stereocenters. The lowest BCUT2D eigenvalue weighted by molar-refractivity contribution is -0.140. The first-order valence-corrected chi connectivity index (χ1v) is 7.92. The first-order valence-electron chi connectivity index (χ1n) is 7.92. The summed E-state index contributed by atoms with van der Waals surface area (Å²) in [4.78, 5) is 15.1. The molecule has 0 aliphatic carbocycles. The predicted molar refractivity (Wildman–Crippen MR) is 77.5 cm³/mol. The van der Waals surface area contributed by atoms with Gasteiger partial charge in [-0.05, 0) is 38.0 Å². The number of carbonyl (C=O) groups is 1. The molecular weight excluding hydrogens is 222 g/mol. The predicted octanol–water partition coefficient (Wildman–Crippen LogP) is 4.24. The van der Waals surface area contributed by atoms with Crippen molar-refractivity contribution in [3.63, 3.8) is 0 Å². The van der Waals surface area contributed by atoms with Crippen molar-refractivity contribution in [1.82, 2.24) is 4.90 Å². The molecule has 0 N–H and O–H groups in total. The minimum absolute atomic E-state index is 0.233. The van der Waals surface area contributed by atoms with Gasteiger partial charge >= 0.3 is 0 Å². The molecule has 0 spiro atoms. The van der Waals surface area contributed by atoms with E-state index >= 15 is 0 Å². The molecule has 2 heteroatoms. The zero-order valence-corrected chi connectivity index (χ0v) is 12.9. The molecule has 0 aromatic rings. The summed E-state index contributed by atoms with van der Waals surface area (Å²) in [7, 11) is 0. The van der Waals surface area contributed by atoms with E-state index in [-0.39, 0.29) is 5.92 Å². The normalized spacial score (nSPS) is 27.3. The van der Waals surface area contributed by atoms with Crippen LogP contribution in [0.25, 0.3) is 0 Å². The highest BCUT2D eigenvalue weighted by Gasteiger charge is 2.38. The summed E-state index contributed by atoms with van der Waals surface area (Å²) in [6.45, 7) is 11.0. The minimum Gasteiger partial charge on any atom is -0.337 e. The van der Waals surface area contributed by atoms with E-state index in [4.69, 9.17) is 0 Å². The number of amides is 1. The molecule has 106 valence electrons. The highest BCUT2D eigenvalue weighted by molar-refractivity contribution is 5.80. The van der Waals surface area contributed by atoms with Gasteiger partial charge in [-0.15, -0.1) is 0 Å². The minimum atomic E-state index is 0.233. The van der Waals surface area contributed by atoms with Crippen molar-refractivity contribution < 1.29 is 4.79 Å². The molecular formula is C16H31NO. The number of hydrogen-bond acceptors (Lipinski definition) is 1. The van der Waals surface area contributed by atoms with Crippen LogP contribution in [0.15, 0.2) is 0 Å². The second-order valence-electron chi connectivity index (χ2n) is 5.85. The van der Waals surface area contributed by atoms with Gasteiger partial charge in [0.1, 0.15) is 0 Å². The fraction of sp³-hybridized carbons (Fsp3) is 0.938. The van der Waals surface area contributed by atoms with Gasteiger partial charge in [0, 0.05) is 18.0 Å². The van der Waals surface area contributed by atoms with Crippen LogP contribution in [0, 0.1) is 11.8 Å². The molecule has 2 nitrogen and oxygen atoms in total. The van der Waals surface area contributed by atoms with Crippen LogP contribution in [0.5, 0.6) is 0 Å². The van der Waals surface area contributed by atoms with Crippen LogP contribution in [0.1, 0.15) is 73.1 Å². The molecule has 1 rings (SSSR count). The van der Waals surface area contributed by atoms with Gasteiger partial charge in [0.2, 0.25) is 5.91 Å². The van der Waals surface area contributed by atoms with Crippen molar-refractivity contribution in [3.05, 3.63) is 0 Å². The van der Waals surface area contributed by atoms with Crippen molar-refractivity contribution in [2.45, 2.75) is 85.2 Å². The second-order valence-corrected chi connectivity index (χ2v) is 5.85. The largest absolute Gasteiger partial charge is 0.337 e. The van der Waals surface area contributed by atoms with Gasteiger partial charge in [0.25, 0.3) is 0 Å².